The van der Waals surface area contributed by atoms with Gasteiger partial charge in [0.2, 0.25) is 0 Å². The maximum atomic E-state index is 5.65. The van der Waals surface area contributed by atoms with Crippen molar-refractivity contribution in [1.82, 2.24) is 0 Å². The van der Waals surface area contributed by atoms with Gasteiger partial charge in [-0.05, 0) is 43.3 Å². The lowest BCUT2D eigenvalue weighted by molar-refractivity contribution is 0.162. The average molecular weight is 178 g/mol. The van der Waals surface area contributed by atoms with Gasteiger partial charge in [-0.1, -0.05) is 19.4 Å². The summed E-state index contributed by atoms with van der Waals surface area (Å²) in [6.07, 6.45) is 10.9. The summed E-state index contributed by atoms with van der Waals surface area (Å²) >= 11 is 0. The van der Waals surface area contributed by atoms with Crippen LogP contribution in [-0.4, -0.2) is 6.61 Å². The van der Waals surface area contributed by atoms with Crippen LogP contribution < -0.4 is 0 Å². The van der Waals surface area contributed by atoms with Crippen LogP contribution >= 0.6 is 0 Å². The van der Waals surface area contributed by atoms with E-state index in [0.717, 1.165) is 18.9 Å². The molecule has 0 aromatic rings. The van der Waals surface area contributed by atoms with Gasteiger partial charge in [0.25, 0.3) is 0 Å². The minimum Gasteiger partial charge on any atom is -0.494 e. The van der Waals surface area contributed by atoms with Crippen LogP contribution in [0.5, 0.6) is 0 Å². The van der Waals surface area contributed by atoms with E-state index in [9.17, 15) is 0 Å². The topological polar surface area (TPSA) is 9.23 Å². The second-order valence-electron chi connectivity index (χ2n) is 3.93. The Morgan fingerprint density at radius 3 is 3.08 bits per heavy atom. The van der Waals surface area contributed by atoms with Crippen molar-refractivity contribution in [3.63, 3.8) is 0 Å². The second kappa shape index (κ2) is 3.99. The molecule has 1 nitrogen and oxygen atoms in total. The Balaban J connectivity index is 2.12. The first-order valence-electron chi connectivity index (χ1n) is 5.45. The molecule has 0 radical (unpaired) electrons. The smallest absolute Gasteiger partial charge is 0.118 e. The predicted octanol–water partition coefficient (Wildman–Crippen LogP) is 3.43. The zero-order chi connectivity index (χ0) is 9.10. The summed E-state index contributed by atoms with van der Waals surface area (Å²) < 4.78 is 5.65. The van der Waals surface area contributed by atoms with Gasteiger partial charge in [0.05, 0.1) is 6.61 Å². The molecule has 0 N–H and O–H groups in total. The van der Waals surface area contributed by atoms with Gasteiger partial charge >= 0.3 is 0 Å². The Bertz CT molecular complexity index is 236. The van der Waals surface area contributed by atoms with Crippen molar-refractivity contribution in [3.05, 3.63) is 23.5 Å². The molecule has 0 spiro atoms. The fourth-order valence-corrected chi connectivity index (χ4v) is 2.30. The third kappa shape index (κ3) is 1.79. The van der Waals surface area contributed by atoms with Crippen molar-refractivity contribution in [1.29, 1.82) is 0 Å². The second-order valence-corrected chi connectivity index (χ2v) is 3.93. The maximum absolute atomic E-state index is 5.65. The molecule has 0 bridgehead atoms. The molecule has 1 fully saturated rings. The first-order valence-corrected chi connectivity index (χ1v) is 5.45. The maximum Gasteiger partial charge on any atom is 0.118 e. The van der Waals surface area contributed by atoms with Crippen LogP contribution in [-0.2, 0) is 4.74 Å². The monoisotopic (exact) mass is 178 g/mol. The predicted molar refractivity (Wildman–Crippen MR) is 54.4 cm³/mol. The van der Waals surface area contributed by atoms with Crippen molar-refractivity contribution in [2.75, 3.05) is 6.61 Å². The van der Waals surface area contributed by atoms with E-state index in [4.69, 9.17) is 4.74 Å². The molecule has 2 rings (SSSR count). The quantitative estimate of drug-likeness (QED) is 0.629. The third-order valence-electron chi connectivity index (χ3n) is 2.95. The van der Waals surface area contributed by atoms with Crippen LogP contribution in [0, 0.1) is 5.92 Å². The lowest BCUT2D eigenvalue weighted by atomic mass is 9.85. The molecule has 1 saturated heterocycles. The van der Waals surface area contributed by atoms with Crippen molar-refractivity contribution >= 4 is 0 Å². The molecular weight excluding hydrogens is 160 g/mol. The van der Waals surface area contributed by atoms with Gasteiger partial charge in [-0.3, -0.25) is 0 Å². The number of allylic oxidation sites excluding steroid dienone is 3. The van der Waals surface area contributed by atoms with Crippen LogP contribution in [0.4, 0.5) is 0 Å². The Kier molecular flexibility index (Phi) is 2.72. The summed E-state index contributed by atoms with van der Waals surface area (Å²) in [6.45, 7) is 3.19. The van der Waals surface area contributed by atoms with Gasteiger partial charge in [-0.25, -0.2) is 0 Å². The highest BCUT2D eigenvalue weighted by Crippen LogP contribution is 2.35. The molecule has 72 valence electrons. The van der Waals surface area contributed by atoms with Crippen molar-refractivity contribution in [2.24, 2.45) is 5.92 Å². The molecule has 1 heteroatoms. The number of hydrogen-bond acceptors (Lipinski definition) is 1. The van der Waals surface area contributed by atoms with Gasteiger partial charge in [-0.2, -0.15) is 0 Å². The van der Waals surface area contributed by atoms with E-state index in [-0.39, 0.29) is 0 Å². The summed E-state index contributed by atoms with van der Waals surface area (Å²) in [5.41, 5.74) is 1.50. The number of fused-ring (bicyclic) bond motifs is 1. The summed E-state index contributed by atoms with van der Waals surface area (Å²) in [4.78, 5) is 0. The minimum absolute atomic E-state index is 0.783. The molecule has 1 atom stereocenters. The SMILES string of the molecule is CCCC1CCOC2=CCCC=C21. The normalized spacial score (nSPS) is 27.0. The van der Waals surface area contributed by atoms with Crippen LogP contribution in [0.2, 0.25) is 0 Å². The van der Waals surface area contributed by atoms with Gasteiger partial charge in [0, 0.05) is 0 Å². The molecule has 13 heavy (non-hydrogen) atoms. The molecule has 0 aromatic heterocycles. The van der Waals surface area contributed by atoms with Crippen LogP contribution in [0.3, 0.4) is 0 Å². The van der Waals surface area contributed by atoms with E-state index in [0.29, 0.717) is 0 Å². The Morgan fingerprint density at radius 2 is 2.23 bits per heavy atom. The molecule has 2 aliphatic rings. The van der Waals surface area contributed by atoms with E-state index >= 15 is 0 Å². The van der Waals surface area contributed by atoms with Crippen LogP contribution in [0.25, 0.3) is 0 Å². The Labute approximate surface area is 80.5 Å². The molecule has 0 saturated carbocycles. The molecular formula is C12H18O. The molecule has 1 unspecified atom stereocenters. The van der Waals surface area contributed by atoms with Gasteiger partial charge < -0.3 is 4.74 Å². The largest absolute Gasteiger partial charge is 0.494 e. The molecule has 0 amide bonds. The minimum atomic E-state index is 0.783. The highest BCUT2D eigenvalue weighted by molar-refractivity contribution is 5.32. The summed E-state index contributed by atoms with van der Waals surface area (Å²) in [6, 6.07) is 0. The van der Waals surface area contributed by atoms with E-state index in [1.807, 2.05) is 0 Å². The van der Waals surface area contributed by atoms with E-state index in [1.165, 1.54) is 37.0 Å². The lowest BCUT2D eigenvalue weighted by Gasteiger charge is -2.30. The fourth-order valence-electron chi connectivity index (χ4n) is 2.30. The molecule has 1 heterocycles. The van der Waals surface area contributed by atoms with Crippen LogP contribution in [0.1, 0.15) is 39.0 Å². The number of rotatable bonds is 2. The summed E-state index contributed by atoms with van der Waals surface area (Å²) in [7, 11) is 0. The zero-order valence-electron chi connectivity index (χ0n) is 8.38. The van der Waals surface area contributed by atoms with E-state index in [2.05, 4.69) is 19.1 Å². The molecule has 1 aliphatic heterocycles. The first-order chi connectivity index (χ1) is 6.42. The average Bonchev–Trinajstić information content (AvgIpc) is 2.19. The fraction of sp³-hybridized carbons (Fsp3) is 0.667. The standard InChI is InChI=1S/C12H18O/c1-2-5-10-8-9-13-12-7-4-3-6-11(10)12/h6-7,10H,2-5,8-9H2,1H3. The number of hydrogen-bond donors (Lipinski definition) is 0. The van der Waals surface area contributed by atoms with Gasteiger partial charge in [0.1, 0.15) is 5.76 Å². The van der Waals surface area contributed by atoms with E-state index in [1.54, 1.807) is 0 Å². The molecule has 1 aliphatic carbocycles. The summed E-state index contributed by atoms with van der Waals surface area (Å²) in [5.74, 6) is 1.97. The highest BCUT2D eigenvalue weighted by atomic mass is 16.5. The van der Waals surface area contributed by atoms with Crippen molar-refractivity contribution in [3.8, 4) is 0 Å². The van der Waals surface area contributed by atoms with Gasteiger partial charge in [0.15, 0.2) is 0 Å². The van der Waals surface area contributed by atoms with Crippen molar-refractivity contribution in [2.45, 2.75) is 39.0 Å². The summed E-state index contributed by atoms with van der Waals surface area (Å²) in [5, 5.41) is 0. The third-order valence-corrected chi connectivity index (χ3v) is 2.95. The van der Waals surface area contributed by atoms with E-state index < -0.39 is 0 Å². The van der Waals surface area contributed by atoms with Crippen LogP contribution in [0.15, 0.2) is 23.5 Å². The lowest BCUT2D eigenvalue weighted by Crippen LogP contribution is -2.19. The Morgan fingerprint density at radius 1 is 1.38 bits per heavy atom. The van der Waals surface area contributed by atoms with Crippen molar-refractivity contribution < 1.29 is 4.74 Å². The number of ether oxygens (including phenoxy) is 1. The van der Waals surface area contributed by atoms with Gasteiger partial charge in [-0.15, -0.1) is 0 Å². The molecule has 0 aromatic carbocycles. The zero-order valence-corrected chi connectivity index (χ0v) is 8.38. The first kappa shape index (κ1) is 8.86. The highest BCUT2D eigenvalue weighted by Gasteiger charge is 2.24. The Hall–Kier alpha value is -0.720.